The first kappa shape index (κ1) is 22.5. The molecule has 0 N–H and O–H groups in total. The molecule has 7 heterocycles. The Kier molecular flexibility index (Phi) is 5.44. The highest BCUT2D eigenvalue weighted by Gasteiger charge is 2.39. The molecule has 186 valence electrons. The molecule has 12 heteroatoms. The molecule has 4 aliphatic rings. The highest BCUT2D eigenvalue weighted by atomic mass is 32.1. The van der Waals surface area contributed by atoms with E-state index in [9.17, 15) is 14.4 Å². The molecule has 3 saturated heterocycles. The Morgan fingerprint density at radius 3 is 1.17 bits per heavy atom. The monoisotopic (exact) mass is 540 g/mol. The van der Waals surface area contributed by atoms with E-state index in [-0.39, 0.29) is 35.8 Å². The van der Waals surface area contributed by atoms with Gasteiger partial charge in [-0.05, 0) is 38.5 Å². The Balaban J connectivity index is 1.32. The smallest absolute Gasteiger partial charge is 0.273 e. The van der Waals surface area contributed by atoms with Gasteiger partial charge < -0.3 is 14.7 Å². The second-order valence-corrected chi connectivity index (χ2v) is 12.4. The molecular formula is C24H24N6O3S3. The van der Waals surface area contributed by atoms with Crippen LogP contribution in [0.4, 0.5) is 0 Å². The summed E-state index contributed by atoms with van der Waals surface area (Å²) in [7, 11) is 0. The summed E-state index contributed by atoms with van der Waals surface area (Å²) in [6.45, 7) is 1.94. The third kappa shape index (κ3) is 3.52. The van der Waals surface area contributed by atoms with Crippen LogP contribution in [-0.4, -0.2) is 67.0 Å². The van der Waals surface area contributed by atoms with E-state index in [2.05, 4.69) is 0 Å². The van der Waals surface area contributed by atoms with Crippen molar-refractivity contribution in [2.45, 2.75) is 56.7 Å². The number of thiazole rings is 3. The molecule has 0 saturated carbocycles. The van der Waals surface area contributed by atoms with Crippen molar-refractivity contribution < 1.29 is 14.4 Å². The Labute approximate surface area is 219 Å². The normalized spacial score (nSPS) is 26.2. The summed E-state index contributed by atoms with van der Waals surface area (Å²) in [5, 5.41) is 7.86. The van der Waals surface area contributed by atoms with Gasteiger partial charge >= 0.3 is 0 Å². The van der Waals surface area contributed by atoms with E-state index in [1.54, 1.807) is 0 Å². The maximum atomic E-state index is 13.5. The minimum Gasteiger partial charge on any atom is -0.328 e. The predicted molar refractivity (Wildman–Crippen MR) is 135 cm³/mol. The van der Waals surface area contributed by atoms with Crippen molar-refractivity contribution in [1.82, 2.24) is 29.7 Å². The zero-order valence-electron chi connectivity index (χ0n) is 19.5. The molecule has 7 rings (SSSR count). The van der Waals surface area contributed by atoms with Crippen molar-refractivity contribution in [1.29, 1.82) is 0 Å². The molecule has 0 aromatic carbocycles. The second-order valence-electron chi connectivity index (χ2n) is 9.68. The lowest BCUT2D eigenvalue weighted by Crippen LogP contribution is -2.33. The first-order valence-corrected chi connectivity index (χ1v) is 15.0. The summed E-state index contributed by atoms with van der Waals surface area (Å²) in [5.41, 5.74) is 1.27. The van der Waals surface area contributed by atoms with E-state index in [0.717, 1.165) is 53.5 Å². The number of rotatable bonds is 0. The van der Waals surface area contributed by atoms with Gasteiger partial charge in [0.25, 0.3) is 17.7 Å². The van der Waals surface area contributed by atoms with Crippen LogP contribution in [0.2, 0.25) is 0 Å². The van der Waals surface area contributed by atoms with Crippen LogP contribution in [0.3, 0.4) is 0 Å². The minimum atomic E-state index is -0.145. The number of hydrogen-bond acceptors (Lipinski definition) is 9. The Bertz CT molecular complexity index is 1200. The van der Waals surface area contributed by atoms with Crippen molar-refractivity contribution in [3.8, 4) is 0 Å². The highest BCUT2D eigenvalue weighted by molar-refractivity contribution is 7.10. The molecule has 3 amide bonds. The molecule has 0 spiro atoms. The summed E-state index contributed by atoms with van der Waals surface area (Å²) >= 11 is 4.35. The molecule has 0 aliphatic carbocycles. The quantitative estimate of drug-likeness (QED) is 0.422. The topological polar surface area (TPSA) is 99.6 Å². The number of carbonyl (C=O) groups excluding carboxylic acids is 3. The van der Waals surface area contributed by atoms with Gasteiger partial charge in [-0.3, -0.25) is 14.4 Å². The fourth-order valence-corrected chi connectivity index (χ4v) is 8.68. The highest BCUT2D eigenvalue weighted by Crippen LogP contribution is 2.40. The molecule has 3 aromatic rings. The van der Waals surface area contributed by atoms with Gasteiger partial charge in [-0.25, -0.2) is 15.0 Å². The zero-order chi connectivity index (χ0) is 24.4. The Morgan fingerprint density at radius 1 is 0.556 bits per heavy atom. The first-order valence-electron chi connectivity index (χ1n) is 12.4. The van der Waals surface area contributed by atoms with E-state index in [0.29, 0.717) is 36.7 Å². The molecule has 3 atom stereocenters. The van der Waals surface area contributed by atoms with Crippen molar-refractivity contribution in [2.75, 3.05) is 19.6 Å². The van der Waals surface area contributed by atoms with Crippen LogP contribution < -0.4 is 0 Å². The number of fused-ring (bicyclic) bond motifs is 12. The minimum absolute atomic E-state index is 0.108. The first-order chi connectivity index (χ1) is 17.6. The lowest BCUT2D eigenvalue weighted by molar-refractivity contribution is 0.0728. The van der Waals surface area contributed by atoms with Crippen LogP contribution in [0, 0.1) is 0 Å². The maximum absolute atomic E-state index is 13.5. The van der Waals surface area contributed by atoms with Gasteiger partial charge in [0.05, 0.1) is 18.1 Å². The average molecular weight is 541 g/mol. The van der Waals surface area contributed by atoms with E-state index >= 15 is 0 Å². The van der Waals surface area contributed by atoms with Gasteiger partial charge in [0.2, 0.25) is 0 Å². The van der Waals surface area contributed by atoms with Crippen molar-refractivity contribution in [3.63, 3.8) is 0 Å². The number of carbonyl (C=O) groups is 3. The molecule has 6 bridgehead atoms. The Morgan fingerprint density at radius 2 is 0.861 bits per heavy atom. The van der Waals surface area contributed by atoms with Crippen LogP contribution >= 0.6 is 34.0 Å². The van der Waals surface area contributed by atoms with Crippen LogP contribution in [0.5, 0.6) is 0 Å². The molecule has 9 nitrogen and oxygen atoms in total. The van der Waals surface area contributed by atoms with Gasteiger partial charge in [0, 0.05) is 35.8 Å². The Hall–Kier alpha value is -2.70. The third-order valence-corrected chi connectivity index (χ3v) is 10.5. The van der Waals surface area contributed by atoms with Gasteiger partial charge in [-0.2, -0.15) is 0 Å². The molecule has 3 aromatic heterocycles. The van der Waals surface area contributed by atoms with Gasteiger partial charge in [0.15, 0.2) is 0 Å². The van der Waals surface area contributed by atoms with Crippen LogP contribution in [-0.2, 0) is 0 Å². The van der Waals surface area contributed by atoms with Gasteiger partial charge in [-0.1, -0.05) is 0 Å². The molecule has 0 unspecified atom stereocenters. The van der Waals surface area contributed by atoms with Crippen molar-refractivity contribution in [3.05, 3.63) is 48.2 Å². The standard InChI is InChI=1S/C24H24N6O3S3/c31-22-13-10-35-20(26-13)17-5-2-9-30(17)24(33)15-12-36-21(27-15)18-6-3-8-29(18)23(32)14-11-34-19(25-14)16-4-1-7-28(16)22/h10-12,16-18H,1-9H2/t16-,17-,18-/m0/s1. The molecule has 4 aliphatic heterocycles. The zero-order valence-corrected chi connectivity index (χ0v) is 21.9. The van der Waals surface area contributed by atoms with E-state index in [1.807, 2.05) is 30.8 Å². The third-order valence-electron chi connectivity index (χ3n) is 7.62. The fraction of sp³-hybridized carbons (Fsp3) is 0.500. The summed E-state index contributed by atoms with van der Waals surface area (Å²) in [6, 6.07) is -0.435. The summed E-state index contributed by atoms with van der Waals surface area (Å²) in [5.74, 6) is -0.323. The molecular weight excluding hydrogens is 517 g/mol. The second kappa shape index (κ2) is 8.70. The van der Waals surface area contributed by atoms with Crippen LogP contribution in [0.15, 0.2) is 16.1 Å². The van der Waals surface area contributed by atoms with Gasteiger partial charge in [0.1, 0.15) is 32.1 Å². The number of nitrogens with zero attached hydrogens (tertiary/aromatic N) is 6. The summed E-state index contributed by atoms with van der Waals surface area (Å²) in [4.78, 5) is 60.2. The average Bonchev–Trinajstić information content (AvgIpc) is 3.73. The van der Waals surface area contributed by atoms with Crippen molar-refractivity contribution >= 4 is 51.7 Å². The number of hydrogen-bond donors (Lipinski definition) is 0. The van der Waals surface area contributed by atoms with Crippen LogP contribution in [0.25, 0.3) is 0 Å². The van der Waals surface area contributed by atoms with E-state index in [4.69, 9.17) is 15.0 Å². The molecule has 0 radical (unpaired) electrons. The lowest BCUT2D eigenvalue weighted by Gasteiger charge is -2.24. The molecule has 3 fully saturated rings. The number of aromatic nitrogens is 3. The number of amides is 3. The van der Waals surface area contributed by atoms with Gasteiger partial charge in [-0.15, -0.1) is 34.0 Å². The van der Waals surface area contributed by atoms with E-state index in [1.165, 1.54) is 34.0 Å². The molecule has 36 heavy (non-hydrogen) atoms. The lowest BCUT2D eigenvalue weighted by atomic mass is 10.2. The SMILES string of the molecule is O=C1c2csc(n2)[C@@H]2CCCN2C(=O)c2csc(n2)[C@@H]2CCCN2C(=O)c2csc(n2)[C@@H]2CCCN12. The van der Waals surface area contributed by atoms with E-state index < -0.39 is 0 Å². The van der Waals surface area contributed by atoms with Crippen molar-refractivity contribution in [2.24, 2.45) is 0 Å². The summed E-state index contributed by atoms with van der Waals surface area (Å²) < 4.78 is 0. The predicted octanol–water partition coefficient (Wildman–Crippen LogP) is 4.30. The maximum Gasteiger partial charge on any atom is 0.273 e. The fourth-order valence-electron chi connectivity index (χ4n) is 5.86. The largest absolute Gasteiger partial charge is 0.328 e. The van der Waals surface area contributed by atoms with Crippen LogP contribution in [0.1, 0.15) is 103 Å². The summed E-state index contributed by atoms with van der Waals surface area (Å²) in [6.07, 6.45) is 5.14.